The Labute approximate surface area is 195 Å². The van der Waals surface area contributed by atoms with Crippen LogP contribution < -0.4 is 19.2 Å². The zero-order valence-corrected chi connectivity index (χ0v) is 20.3. The zero-order valence-electron chi connectivity index (χ0n) is 17.9. The van der Waals surface area contributed by atoms with Crippen molar-refractivity contribution in [3.8, 4) is 11.5 Å². The molecule has 0 spiro atoms. The van der Waals surface area contributed by atoms with Crippen LogP contribution in [0.4, 0.5) is 5.69 Å². The highest BCUT2D eigenvalue weighted by Crippen LogP contribution is 2.35. The lowest BCUT2D eigenvalue weighted by molar-refractivity contribution is -0.131. The summed E-state index contributed by atoms with van der Waals surface area (Å²) in [5.74, 6) is 0.798. The smallest absolute Gasteiger partial charge is 0.273 e. The summed E-state index contributed by atoms with van der Waals surface area (Å²) in [4.78, 5) is 12.6. The molecule has 11 heteroatoms. The third kappa shape index (κ3) is 5.22. The Kier molecular flexibility index (Phi) is 7.75. The highest BCUT2D eigenvalue weighted by atomic mass is 79.9. The van der Waals surface area contributed by atoms with Crippen LogP contribution in [0.1, 0.15) is 23.7 Å². The second-order valence-corrected chi connectivity index (χ2v) is 9.73. The number of anilines is 1. The molecule has 0 saturated carbocycles. The van der Waals surface area contributed by atoms with Gasteiger partial charge in [-0.2, -0.15) is 5.10 Å². The van der Waals surface area contributed by atoms with Crippen LogP contribution in [-0.4, -0.2) is 54.2 Å². The normalized spacial score (nSPS) is 16.2. The first-order valence-electron chi connectivity index (χ1n) is 9.68. The Morgan fingerprint density at radius 2 is 1.78 bits per heavy atom. The monoisotopic (exact) mass is 525 g/mol. The van der Waals surface area contributed by atoms with Crippen molar-refractivity contribution in [2.24, 2.45) is 5.10 Å². The summed E-state index contributed by atoms with van der Waals surface area (Å²) < 4.78 is 42.1. The molecule has 1 N–H and O–H groups in total. The fraction of sp³-hybridized carbons (Fsp3) is 0.333. The molecule has 32 heavy (non-hydrogen) atoms. The molecule has 0 aromatic heterocycles. The second-order valence-electron chi connectivity index (χ2n) is 6.92. The molecular formula is C21H24BrN3O6S. The van der Waals surface area contributed by atoms with Crippen molar-refractivity contribution in [1.29, 1.82) is 0 Å². The van der Waals surface area contributed by atoms with E-state index in [2.05, 4.69) is 26.5 Å². The average molecular weight is 526 g/mol. The summed E-state index contributed by atoms with van der Waals surface area (Å²) in [5, 5.41) is 4.00. The van der Waals surface area contributed by atoms with Gasteiger partial charge in [-0.25, -0.2) is 13.8 Å². The number of carbonyl (C=O) groups is 1. The van der Waals surface area contributed by atoms with Gasteiger partial charge in [0.1, 0.15) is 16.0 Å². The number of benzene rings is 2. The van der Waals surface area contributed by atoms with Crippen LogP contribution in [0.25, 0.3) is 0 Å². The van der Waals surface area contributed by atoms with Crippen molar-refractivity contribution in [2.75, 3.05) is 37.9 Å². The number of hydrazone groups is 1. The van der Waals surface area contributed by atoms with E-state index in [1.54, 1.807) is 36.4 Å². The second kappa shape index (κ2) is 10.3. The van der Waals surface area contributed by atoms with Crippen LogP contribution in [0.3, 0.4) is 0 Å². The lowest BCUT2D eigenvalue weighted by Gasteiger charge is -2.19. The lowest BCUT2D eigenvalue weighted by Crippen LogP contribution is -2.27. The molecule has 2 aromatic carbocycles. The molecular weight excluding hydrogens is 502 g/mol. The molecule has 1 amide bonds. The quantitative estimate of drug-likeness (QED) is 0.419. The van der Waals surface area contributed by atoms with E-state index in [1.807, 2.05) is 0 Å². The molecule has 0 bridgehead atoms. The minimum atomic E-state index is -3.26. The molecule has 1 heterocycles. The number of hydrogen-bond donors (Lipinski definition) is 1. The van der Waals surface area contributed by atoms with Gasteiger partial charge in [-0.1, -0.05) is 12.1 Å². The number of nitrogens with zero attached hydrogens (tertiary/aromatic N) is 2. The number of methoxy groups -OCH3 is 3. The van der Waals surface area contributed by atoms with Gasteiger partial charge in [0.15, 0.2) is 6.10 Å². The fourth-order valence-electron chi connectivity index (χ4n) is 3.33. The number of halogens is 1. The van der Waals surface area contributed by atoms with E-state index in [4.69, 9.17) is 14.2 Å². The Balaban J connectivity index is 1.70. The molecule has 0 aliphatic carbocycles. The minimum absolute atomic E-state index is 0.145. The van der Waals surface area contributed by atoms with Crippen LogP contribution in [0.5, 0.6) is 11.5 Å². The Morgan fingerprint density at radius 1 is 1.16 bits per heavy atom. The van der Waals surface area contributed by atoms with Gasteiger partial charge >= 0.3 is 0 Å². The van der Waals surface area contributed by atoms with Gasteiger partial charge in [-0.15, -0.1) is 0 Å². The van der Waals surface area contributed by atoms with Crippen LogP contribution >= 0.6 is 15.9 Å². The zero-order chi connectivity index (χ0) is 23.3. The summed E-state index contributed by atoms with van der Waals surface area (Å²) >= 11 is 3.40. The maximum atomic E-state index is 12.6. The lowest BCUT2D eigenvalue weighted by atomic mass is 10.1. The van der Waals surface area contributed by atoms with E-state index in [9.17, 15) is 13.2 Å². The van der Waals surface area contributed by atoms with Gasteiger partial charge in [0, 0.05) is 19.2 Å². The molecule has 1 atom stereocenters. The summed E-state index contributed by atoms with van der Waals surface area (Å²) in [6.45, 7) is 0.455. The van der Waals surface area contributed by atoms with Crippen molar-refractivity contribution in [2.45, 2.75) is 12.5 Å². The first-order chi connectivity index (χ1) is 15.3. The standard InChI is InChI=1S/C21H24BrN3O6S/c1-29-17-11-14(12-18(30-2)19(17)22)13-23-24-21(26)20(31-3)15-5-7-16(8-6-15)25-9-4-10-32(25,27)28/h5-8,11-13,20H,4,9-10H2,1-3H3,(H,24,26). The molecule has 1 aliphatic rings. The van der Waals surface area contributed by atoms with Gasteiger partial charge < -0.3 is 14.2 Å². The highest BCUT2D eigenvalue weighted by molar-refractivity contribution is 9.10. The molecule has 172 valence electrons. The Morgan fingerprint density at radius 3 is 2.28 bits per heavy atom. The predicted molar refractivity (Wildman–Crippen MR) is 125 cm³/mol. The number of sulfonamides is 1. The van der Waals surface area contributed by atoms with Crippen molar-refractivity contribution >= 4 is 43.8 Å². The molecule has 1 fully saturated rings. The molecule has 0 radical (unpaired) electrons. The summed E-state index contributed by atoms with van der Waals surface area (Å²) in [6.07, 6.45) is 1.15. The van der Waals surface area contributed by atoms with Gasteiger partial charge in [0.05, 0.1) is 31.9 Å². The number of ether oxygens (including phenoxy) is 3. The summed E-state index contributed by atoms with van der Waals surface area (Å²) in [7, 11) is 1.23. The van der Waals surface area contributed by atoms with Crippen LogP contribution in [0.15, 0.2) is 46.0 Å². The third-order valence-corrected chi connectivity index (χ3v) is 7.56. The van der Waals surface area contributed by atoms with Gasteiger partial charge in [-0.05, 0) is 52.2 Å². The van der Waals surface area contributed by atoms with E-state index in [0.717, 1.165) is 0 Å². The maximum absolute atomic E-state index is 12.6. The predicted octanol–water partition coefficient (Wildman–Crippen LogP) is 2.84. The molecule has 1 saturated heterocycles. The number of carbonyl (C=O) groups excluding carboxylic acids is 1. The minimum Gasteiger partial charge on any atom is -0.495 e. The van der Waals surface area contributed by atoms with Gasteiger partial charge in [0.2, 0.25) is 10.0 Å². The summed E-state index contributed by atoms with van der Waals surface area (Å²) in [5.41, 5.74) is 4.26. The number of rotatable bonds is 8. The summed E-state index contributed by atoms with van der Waals surface area (Å²) in [6, 6.07) is 10.2. The molecule has 1 aliphatic heterocycles. The third-order valence-electron chi connectivity index (χ3n) is 4.91. The van der Waals surface area contributed by atoms with E-state index >= 15 is 0 Å². The SMILES string of the molecule is COc1cc(C=NNC(=O)C(OC)c2ccc(N3CCCS3(=O)=O)cc2)cc(OC)c1Br. The van der Waals surface area contributed by atoms with E-state index < -0.39 is 22.0 Å². The maximum Gasteiger partial charge on any atom is 0.273 e. The van der Waals surface area contributed by atoms with E-state index in [1.165, 1.54) is 31.8 Å². The van der Waals surface area contributed by atoms with Crippen molar-refractivity contribution in [1.82, 2.24) is 5.43 Å². The molecule has 1 unspecified atom stereocenters. The van der Waals surface area contributed by atoms with E-state index in [-0.39, 0.29) is 5.75 Å². The Hall–Kier alpha value is -2.63. The van der Waals surface area contributed by atoms with E-state index in [0.29, 0.717) is 45.8 Å². The first kappa shape index (κ1) is 24.0. The molecule has 2 aromatic rings. The molecule has 9 nitrogen and oxygen atoms in total. The number of hydrogen-bond acceptors (Lipinski definition) is 7. The van der Waals surface area contributed by atoms with Gasteiger partial charge in [-0.3, -0.25) is 9.10 Å². The van der Waals surface area contributed by atoms with Crippen LogP contribution in [0, 0.1) is 0 Å². The number of amides is 1. The number of nitrogens with one attached hydrogen (secondary N) is 1. The topological polar surface area (TPSA) is 107 Å². The van der Waals surface area contributed by atoms with Gasteiger partial charge in [0.25, 0.3) is 5.91 Å². The van der Waals surface area contributed by atoms with Crippen LogP contribution in [-0.2, 0) is 19.6 Å². The highest BCUT2D eigenvalue weighted by Gasteiger charge is 2.28. The fourth-order valence-corrected chi connectivity index (χ4v) is 5.45. The Bertz CT molecular complexity index is 1080. The first-order valence-corrected chi connectivity index (χ1v) is 12.1. The van der Waals surface area contributed by atoms with Crippen molar-refractivity contribution in [3.63, 3.8) is 0 Å². The van der Waals surface area contributed by atoms with Crippen molar-refractivity contribution in [3.05, 3.63) is 52.0 Å². The van der Waals surface area contributed by atoms with Crippen molar-refractivity contribution < 1.29 is 27.4 Å². The largest absolute Gasteiger partial charge is 0.495 e. The molecule has 3 rings (SSSR count). The average Bonchev–Trinajstić information content (AvgIpc) is 3.14. The van der Waals surface area contributed by atoms with Crippen LogP contribution in [0.2, 0.25) is 0 Å².